The molecule has 1 aromatic carbocycles. The Morgan fingerprint density at radius 3 is 2.88 bits per heavy atom. The fraction of sp³-hybridized carbons (Fsp3) is 0.200. The third kappa shape index (κ3) is 2.56. The van der Waals surface area contributed by atoms with Crippen LogP contribution < -0.4 is 14.8 Å². The second kappa shape index (κ2) is 5.69. The van der Waals surface area contributed by atoms with Crippen molar-refractivity contribution in [3.05, 3.63) is 36.5 Å². The Kier molecular flexibility index (Phi) is 3.38. The Balaban J connectivity index is 1.46. The van der Waals surface area contributed by atoms with Crippen LogP contribution in [0.1, 0.15) is 0 Å². The molecule has 1 atom stereocenters. The SMILES string of the molecule is Cn1nccc1-c1nnc(NC(=O)C2COc3ccccc3O2)o1. The van der Waals surface area contributed by atoms with E-state index >= 15 is 0 Å². The second-order valence-electron chi connectivity index (χ2n) is 5.11. The van der Waals surface area contributed by atoms with Gasteiger partial charge in [-0.25, -0.2) is 0 Å². The first kappa shape index (κ1) is 14.2. The summed E-state index contributed by atoms with van der Waals surface area (Å²) in [5.41, 5.74) is 0.647. The molecule has 9 nitrogen and oxygen atoms in total. The summed E-state index contributed by atoms with van der Waals surface area (Å²) in [4.78, 5) is 12.3. The van der Waals surface area contributed by atoms with E-state index in [0.717, 1.165) is 0 Å². The summed E-state index contributed by atoms with van der Waals surface area (Å²) < 4.78 is 18.2. The van der Waals surface area contributed by atoms with E-state index in [2.05, 4.69) is 20.6 Å². The number of nitrogens with one attached hydrogen (secondary N) is 1. The monoisotopic (exact) mass is 327 g/mol. The molecule has 24 heavy (non-hydrogen) atoms. The summed E-state index contributed by atoms with van der Waals surface area (Å²) in [6.45, 7) is 0.103. The van der Waals surface area contributed by atoms with E-state index in [4.69, 9.17) is 13.9 Å². The number of benzene rings is 1. The quantitative estimate of drug-likeness (QED) is 0.772. The number of fused-ring (bicyclic) bond motifs is 1. The van der Waals surface area contributed by atoms with Gasteiger partial charge in [-0.05, 0) is 18.2 Å². The molecule has 0 saturated heterocycles. The van der Waals surface area contributed by atoms with Gasteiger partial charge in [-0.2, -0.15) is 5.10 Å². The number of aryl methyl sites for hydroxylation is 1. The minimum Gasteiger partial charge on any atom is -0.485 e. The highest BCUT2D eigenvalue weighted by molar-refractivity contribution is 5.93. The van der Waals surface area contributed by atoms with Gasteiger partial charge in [-0.15, -0.1) is 5.10 Å². The highest BCUT2D eigenvalue weighted by atomic mass is 16.6. The van der Waals surface area contributed by atoms with E-state index in [1.807, 2.05) is 6.07 Å². The molecule has 2 aromatic heterocycles. The fourth-order valence-corrected chi connectivity index (χ4v) is 2.30. The van der Waals surface area contributed by atoms with Crippen molar-refractivity contribution < 1.29 is 18.7 Å². The maximum atomic E-state index is 12.3. The number of carbonyl (C=O) groups excluding carboxylic acids is 1. The number of hydrogen-bond acceptors (Lipinski definition) is 7. The van der Waals surface area contributed by atoms with Gasteiger partial charge in [0.2, 0.25) is 6.10 Å². The zero-order valence-electron chi connectivity index (χ0n) is 12.7. The Labute approximate surface area is 136 Å². The maximum Gasteiger partial charge on any atom is 0.322 e. The third-order valence-corrected chi connectivity index (χ3v) is 3.50. The standard InChI is InChI=1S/C15H13N5O4/c1-20-9(6-7-16-20)14-18-19-15(24-14)17-13(21)12-8-22-10-4-2-3-5-11(10)23-12/h2-7,12H,8H2,1H3,(H,17,19,21). The molecule has 1 N–H and O–H groups in total. The van der Waals surface area contributed by atoms with Crippen molar-refractivity contribution in [3.8, 4) is 23.1 Å². The molecule has 0 spiro atoms. The molecule has 1 aliphatic heterocycles. The van der Waals surface area contributed by atoms with Gasteiger partial charge in [0.15, 0.2) is 11.5 Å². The smallest absolute Gasteiger partial charge is 0.322 e. The molecule has 9 heteroatoms. The summed E-state index contributed by atoms with van der Waals surface area (Å²) in [5, 5.41) is 14.2. The molecule has 3 heterocycles. The molecule has 122 valence electrons. The summed E-state index contributed by atoms with van der Waals surface area (Å²) in [7, 11) is 1.75. The Morgan fingerprint density at radius 2 is 2.08 bits per heavy atom. The zero-order valence-corrected chi connectivity index (χ0v) is 12.7. The van der Waals surface area contributed by atoms with E-state index in [1.165, 1.54) is 0 Å². The van der Waals surface area contributed by atoms with Crippen molar-refractivity contribution >= 4 is 11.9 Å². The zero-order chi connectivity index (χ0) is 16.5. The first-order chi connectivity index (χ1) is 11.7. The predicted octanol–water partition coefficient (Wildman–Crippen LogP) is 1.25. The number of nitrogens with zero attached hydrogens (tertiary/aromatic N) is 4. The molecular weight excluding hydrogens is 314 g/mol. The van der Waals surface area contributed by atoms with Crippen LogP contribution in [-0.4, -0.2) is 38.6 Å². The van der Waals surface area contributed by atoms with Gasteiger partial charge in [-0.3, -0.25) is 14.8 Å². The summed E-state index contributed by atoms with van der Waals surface area (Å²) in [6.07, 6.45) is 0.814. The number of anilines is 1. The van der Waals surface area contributed by atoms with E-state index in [9.17, 15) is 4.79 Å². The second-order valence-corrected chi connectivity index (χ2v) is 5.11. The van der Waals surface area contributed by atoms with Crippen molar-refractivity contribution in [2.75, 3.05) is 11.9 Å². The van der Waals surface area contributed by atoms with Crippen molar-refractivity contribution in [2.45, 2.75) is 6.10 Å². The average Bonchev–Trinajstić information content (AvgIpc) is 3.23. The number of carbonyl (C=O) groups is 1. The van der Waals surface area contributed by atoms with Crippen LogP contribution in [0.5, 0.6) is 11.5 Å². The van der Waals surface area contributed by atoms with Crippen molar-refractivity contribution in [1.29, 1.82) is 0 Å². The number of hydrogen-bond donors (Lipinski definition) is 1. The highest BCUT2D eigenvalue weighted by Crippen LogP contribution is 2.31. The number of amides is 1. The molecule has 1 unspecified atom stereocenters. The number of ether oxygens (including phenoxy) is 2. The lowest BCUT2D eigenvalue weighted by Gasteiger charge is -2.24. The molecule has 0 fully saturated rings. The number of para-hydroxylation sites is 2. The van der Waals surface area contributed by atoms with Gasteiger partial charge in [0.05, 0.1) is 0 Å². The lowest BCUT2D eigenvalue weighted by atomic mass is 10.2. The van der Waals surface area contributed by atoms with Crippen molar-refractivity contribution in [2.24, 2.45) is 7.05 Å². The maximum absolute atomic E-state index is 12.3. The largest absolute Gasteiger partial charge is 0.485 e. The first-order valence-electron chi connectivity index (χ1n) is 7.22. The third-order valence-electron chi connectivity index (χ3n) is 3.50. The molecule has 4 rings (SSSR count). The normalized spacial score (nSPS) is 16.0. The van der Waals surface area contributed by atoms with Crippen LogP contribution in [0.25, 0.3) is 11.6 Å². The molecule has 1 aliphatic rings. The van der Waals surface area contributed by atoms with Gasteiger partial charge < -0.3 is 13.9 Å². The molecule has 0 aliphatic carbocycles. The molecule has 1 amide bonds. The highest BCUT2D eigenvalue weighted by Gasteiger charge is 2.28. The van der Waals surface area contributed by atoms with Gasteiger partial charge in [-0.1, -0.05) is 17.2 Å². The summed E-state index contributed by atoms with van der Waals surface area (Å²) in [6, 6.07) is 8.87. The van der Waals surface area contributed by atoms with Crippen LogP contribution in [0.15, 0.2) is 40.9 Å². The minimum absolute atomic E-state index is 0.0151. The Morgan fingerprint density at radius 1 is 1.25 bits per heavy atom. The molecule has 0 bridgehead atoms. The summed E-state index contributed by atoms with van der Waals surface area (Å²) in [5.74, 6) is 0.962. The molecule has 0 saturated carbocycles. The van der Waals surface area contributed by atoms with Crippen LogP contribution in [0.2, 0.25) is 0 Å². The van der Waals surface area contributed by atoms with Gasteiger partial charge in [0.1, 0.15) is 12.3 Å². The van der Waals surface area contributed by atoms with Crippen molar-refractivity contribution in [1.82, 2.24) is 20.0 Å². The van der Waals surface area contributed by atoms with E-state index in [1.54, 1.807) is 42.2 Å². The van der Waals surface area contributed by atoms with Crippen LogP contribution >= 0.6 is 0 Å². The van der Waals surface area contributed by atoms with Crippen LogP contribution in [0, 0.1) is 0 Å². The molecular formula is C15H13N5O4. The van der Waals surface area contributed by atoms with Gasteiger partial charge in [0.25, 0.3) is 11.8 Å². The van der Waals surface area contributed by atoms with Crippen LogP contribution in [0.4, 0.5) is 6.01 Å². The van der Waals surface area contributed by atoms with E-state index < -0.39 is 12.0 Å². The Hall–Kier alpha value is -3.36. The van der Waals surface area contributed by atoms with Gasteiger partial charge in [0, 0.05) is 13.2 Å². The number of rotatable bonds is 3. The topological polar surface area (TPSA) is 104 Å². The fourth-order valence-electron chi connectivity index (χ4n) is 2.30. The predicted molar refractivity (Wildman–Crippen MR) is 81.5 cm³/mol. The van der Waals surface area contributed by atoms with Crippen molar-refractivity contribution in [3.63, 3.8) is 0 Å². The lowest BCUT2D eigenvalue weighted by Crippen LogP contribution is -2.40. The lowest BCUT2D eigenvalue weighted by molar-refractivity contribution is -0.125. The minimum atomic E-state index is -0.799. The molecule has 3 aromatic rings. The first-order valence-corrected chi connectivity index (χ1v) is 7.22. The van der Waals surface area contributed by atoms with Gasteiger partial charge >= 0.3 is 6.01 Å². The average molecular weight is 327 g/mol. The van der Waals surface area contributed by atoms with Crippen LogP contribution in [0.3, 0.4) is 0 Å². The summed E-state index contributed by atoms with van der Waals surface area (Å²) >= 11 is 0. The van der Waals surface area contributed by atoms with E-state index in [-0.39, 0.29) is 18.5 Å². The Bertz CT molecular complexity index is 887. The molecule has 0 radical (unpaired) electrons. The van der Waals surface area contributed by atoms with E-state index in [0.29, 0.717) is 17.2 Å². The van der Waals surface area contributed by atoms with Crippen LogP contribution in [-0.2, 0) is 11.8 Å². The number of aromatic nitrogens is 4.